The van der Waals surface area contributed by atoms with E-state index >= 15 is 0 Å². The third-order valence-electron chi connectivity index (χ3n) is 4.90. The molecule has 1 N–H and O–H groups in total. The van der Waals surface area contributed by atoms with E-state index in [2.05, 4.69) is 15.5 Å². The van der Waals surface area contributed by atoms with Crippen LogP contribution in [0.1, 0.15) is 49.7 Å². The Bertz CT molecular complexity index is 603. The second kappa shape index (κ2) is 7.19. The van der Waals surface area contributed by atoms with Gasteiger partial charge in [-0.15, -0.1) is 0 Å². The van der Waals surface area contributed by atoms with Crippen molar-refractivity contribution < 1.29 is 18.8 Å². The fourth-order valence-corrected chi connectivity index (χ4v) is 3.60. The van der Waals surface area contributed by atoms with Gasteiger partial charge in [0.15, 0.2) is 5.82 Å². The van der Waals surface area contributed by atoms with E-state index in [1.165, 1.54) is 7.11 Å². The van der Waals surface area contributed by atoms with Gasteiger partial charge in [-0.25, -0.2) is 4.79 Å². The number of esters is 1. The molecule has 2 heterocycles. The maximum Gasteiger partial charge on any atom is 0.317 e. The lowest BCUT2D eigenvalue weighted by molar-refractivity contribution is -0.145. The maximum atomic E-state index is 12.5. The number of urea groups is 1. The molecule has 3 rings (SSSR count). The van der Waals surface area contributed by atoms with Crippen LogP contribution < -0.4 is 5.32 Å². The molecule has 0 spiro atoms. The number of rotatable bonds is 3. The molecule has 1 saturated heterocycles. The van der Waals surface area contributed by atoms with Gasteiger partial charge in [-0.3, -0.25) is 4.79 Å². The molecule has 1 saturated carbocycles. The summed E-state index contributed by atoms with van der Waals surface area (Å²) in [6.45, 7) is 3.10. The summed E-state index contributed by atoms with van der Waals surface area (Å²) >= 11 is 0. The monoisotopic (exact) mass is 336 g/mol. The fraction of sp³-hybridized carbons (Fsp3) is 0.750. The molecule has 0 bridgehead atoms. The van der Waals surface area contributed by atoms with Crippen LogP contribution in [0, 0.1) is 12.8 Å². The average molecular weight is 336 g/mol. The number of amides is 2. The van der Waals surface area contributed by atoms with Crippen molar-refractivity contribution in [3.05, 3.63) is 11.7 Å². The Balaban J connectivity index is 1.52. The number of nitrogens with zero attached hydrogens (tertiary/aromatic N) is 3. The molecular weight excluding hydrogens is 312 g/mol. The van der Waals surface area contributed by atoms with E-state index in [1.54, 1.807) is 11.8 Å². The van der Waals surface area contributed by atoms with Crippen LogP contribution in [0.3, 0.4) is 0 Å². The summed E-state index contributed by atoms with van der Waals surface area (Å²) in [7, 11) is 1.40. The molecule has 8 nitrogen and oxygen atoms in total. The minimum Gasteiger partial charge on any atom is -0.469 e. The Hall–Kier alpha value is -2.12. The largest absolute Gasteiger partial charge is 0.469 e. The highest BCUT2D eigenvalue weighted by molar-refractivity contribution is 5.76. The van der Waals surface area contributed by atoms with Crippen LogP contribution in [0.5, 0.6) is 0 Å². The number of carbonyl (C=O) groups excluding carboxylic acids is 2. The molecule has 0 radical (unpaired) electrons. The third kappa shape index (κ3) is 3.68. The Morgan fingerprint density at radius 1 is 1.33 bits per heavy atom. The molecule has 1 aliphatic heterocycles. The number of aromatic nitrogens is 2. The lowest BCUT2D eigenvalue weighted by atomic mass is 9.98. The first-order chi connectivity index (χ1) is 11.6. The van der Waals surface area contributed by atoms with Crippen LogP contribution in [0.2, 0.25) is 0 Å². The lowest BCUT2D eigenvalue weighted by Gasteiger charge is -2.32. The molecule has 0 unspecified atom stereocenters. The minimum absolute atomic E-state index is 0.0348. The van der Waals surface area contributed by atoms with Gasteiger partial charge in [-0.05, 0) is 39.0 Å². The number of piperidine rings is 1. The van der Waals surface area contributed by atoms with E-state index in [-0.39, 0.29) is 29.9 Å². The van der Waals surface area contributed by atoms with Crippen LogP contribution in [-0.4, -0.2) is 53.3 Å². The zero-order valence-electron chi connectivity index (χ0n) is 14.2. The molecule has 8 heteroatoms. The maximum absolute atomic E-state index is 12.5. The summed E-state index contributed by atoms with van der Waals surface area (Å²) in [5.41, 5.74) is 0. The van der Waals surface area contributed by atoms with Crippen LogP contribution in [-0.2, 0) is 9.53 Å². The van der Waals surface area contributed by atoms with Crippen molar-refractivity contribution in [1.29, 1.82) is 0 Å². The number of nitrogens with one attached hydrogen (secondary N) is 1. The van der Waals surface area contributed by atoms with Crippen molar-refractivity contribution in [2.45, 2.75) is 51.0 Å². The first-order valence-electron chi connectivity index (χ1n) is 8.50. The Morgan fingerprint density at radius 2 is 2.17 bits per heavy atom. The third-order valence-corrected chi connectivity index (χ3v) is 4.90. The van der Waals surface area contributed by atoms with Gasteiger partial charge in [-0.1, -0.05) is 5.16 Å². The van der Waals surface area contributed by atoms with Gasteiger partial charge in [0.1, 0.15) is 0 Å². The summed E-state index contributed by atoms with van der Waals surface area (Å²) in [5, 5.41) is 6.88. The molecule has 2 fully saturated rings. The van der Waals surface area contributed by atoms with Crippen LogP contribution >= 0.6 is 0 Å². The smallest absolute Gasteiger partial charge is 0.317 e. The highest BCUT2D eigenvalue weighted by Gasteiger charge is 2.34. The molecule has 3 atom stereocenters. The Morgan fingerprint density at radius 3 is 2.88 bits per heavy atom. The van der Waals surface area contributed by atoms with Crippen molar-refractivity contribution >= 4 is 12.0 Å². The van der Waals surface area contributed by atoms with Crippen molar-refractivity contribution in [1.82, 2.24) is 20.4 Å². The molecule has 2 aliphatic rings. The highest BCUT2D eigenvalue weighted by atomic mass is 16.5. The number of methoxy groups -OCH3 is 1. The van der Waals surface area contributed by atoms with E-state index in [0.717, 1.165) is 32.2 Å². The van der Waals surface area contributed by atoms with E-state index in [4.69, 9.17) is 9.26 Å². The summed E-state index contributed by atoms with van der Waals surface area (Å²) in [5.74, 6) is 1.03. The predicted molar refractivity (Wildman–Crippen MR) is 84.3 cm³/mol. The zero-order valence-corrected chi connectivity index (χ0v) is 14.2. The normalized spacial score (nSPS) is 27.1. The van der Waals surface area contributed by atoms with Gasteiger partial charge >= 0.3 is 12.0 Å². The second-order valence-corrected chi connectivity index (χ2v) is 6.64. The molecule has 24 heavy (non-hydrogen) atoms. The number of hydrogen-bond acceptors (Lipinski definition) is 6. The van der Waals surface area contributed by atoms with Gasteiger partial charge in [0, 0.05) is 19.1 Å². The van der Waals surface area contributed by atoms with E-state index in [9.17, 15) is 9.59 Å². The van der Waals surface area contributed by atoms with Gasteiger partial charge in [-0.2, -0.15) is 4.98 Å². The molecule has 132 valence electrons. The van der Waals surface area contributed by atoms with Crippen molar-refractivity contribution in [3.63, 3.8) is 0 Å². The van der Waals surface area contributed by atoms with Gasteiger partial charge in [0.05, 0.1) is 18.9 Å². The van der Waals surface area contributed by atoms with E-state index in [0.29, 0.717) is 24.7 Å². The molecule has 1 aromatic heterocycles. The summed E-state index contributed by atoms with van der Waals surface area (Å²) in [6.07, 6.45) is 4.08. The Labute approximate surface area is 140 Å². The lowest BCUT2D eigenvalue weighted by Crippen LogP contribution is -2.47. The highest BCUT2D eigenvalue weighted by Crippen LogP contribution is 2.28. The average Bonchev–Trinajstić information content (AvgIpc) is 3.23. The Kier molecular flexibility index (Phi) is 5.01. The van der Waals surface area contributed by atoms with Crippen molar-refractivity contribution in [2.24, 2.45) is 5.92 Å². The fourth-order valence-electron chi connectivity index (χ4n) is 3.60. The standard InChI is InChI=1S/C16H24N4O4/c1-10-17-14(24-19-10)12-4-3-7-20(9-12)16(22)18-13-6-5-11(8-13)15(21)23-2/h11-13H,3-9H2,1-2H3,(H,18,22)/t11-,12+,13+/m0/s1. The quantitative estimate of drug-likeness (QED) is 0.842. The van der Waals surface area contributed by atoms with Crippen LogP contribution in [0.25, 0.3) is 0 Å². The SMILES string of the molecule is COC(=O)[C@H]1CC[C@@H](NC(=O)N2CCC[C@@H](c3nc(C)no3)C2)C1. The first kappa shape index (κ1) is 16.7. The summed E-state index contributed by atoms with van der Waals surface area (Å²) in [4.78, 5) is 30.2. The molecule has 1 aromatic rings. The van der Waals surface area contributed by atoms with Crippen molar-refractivity contribution in [3.8, 4) is 0 Å². The van der Waals surface area contributed by atoms with Crippen LogP contribution in [0.4, 0.5) is 4.79 Å². The van der Waals surface area contributed by atoms with E-state index < -0.39 is 0 Å². The van der Waals surface area contributed by atoms with Gasteiger partial charge in [0.2, 0.25) is 5.89 Å². The minimum atomic E-state index is -0.184. The number of aryl methyl sites for hydroxylation is 1. The van der Waals surface area contributed by atoms with Crippen LogP contribution in [0.15, 0.2) is 4.52 Å². The van der Waals surface area contributed by atoms with Gasteiger partial charge in [0.25, 0.3) is 0 Å². The van der Waals surface area contributed by atoms with Crippen molar-refractivity contribution in [2.75, 3.05) is 20.2 Å². The summed E-state index contributed by atoms with van der Waals surface area (Å²) < 4.78 is 10.0. The number of carbonyl (C=O) groups is 2. The topological polar surface area (TPSA) is 97.6 Å². The predicted octanol–water partition coefficient (Wildman–Crippen LogP) is 1.61. The summed E-state index contributed by atoms with van der Waals surface area (Å²) in [6, 6.07) is -0.0425. The zero-order chi connectivity index (χ0) is 17.1. The molecule has 1 aliphatic carbocycles. The number of hydrogen-bond donors (Lipinski definition) is 1. The second-order valence-electron chi connectivity index (χ2n) is 6.64. The van der Waals surface area contributed by atoms with Gasteiger partial charge < -0.3 is 19.5 Å². The first-order valence-corrected chi connectivity index (χ1v) is 8.50. The number of ether oxygens (including phenoxy) is 1. The molecule has 2 amide bonds. The number of likely N-dealkylation sites (tertiary alicyclic amines) is 1. The molecular formula is C16H24N4O4. The van der Waals surface area contributed by atoms with E-state index in [1.807, 2.05) is 0 Å². The molecule has 0 aromatic carbocycles.